The molecule has 1 N–H and O–H groups in total. The number of carbonyl (C=O) groups excluding carboxylic acids is 1. The van der Waals surface area contributed by atoms with Crippen LogP contribution in [0.5, 0.6) is 0 Å². The minimum absolute atomic E-state index is 0.0213. The van der Waals surface area contributed by atoms with Crippen molar-refractivity contribution < 1.29 is 19.4 Å². The summed E-state index contributed by atoms with van der Waals surface area (Å²) in [7, 11) is 1.43. The number of ether oxygens (including phenoxy) is 1. The Bertz CT molecular complexity index is 775. The number of hydrogen-bond acceptors (Lipinski definition) is 5. The summed E-state index contributed by atoms with van der Waals surface area (Å²) in [5.41, 5.74) is 2.66. The molecule has 0 spiro atoms. The summed E-state index contributed by atoms with van der Waals surface area (Å²) >= 11 is 0. The number of aliphatic carboxylic acids is 1. The highest BCUT2D eigenvalue weighted by Gasteiger charge is 2.26. The first-order valence-corrected chi connectivity index (χ1v) is 8.01. The smallest absolute Gasteiger partial charge is 0.323 e. The van der Waals surface area contributed by atoms with Crippen molar-refractivity contribution in [1.82, 2.24) is 9.55 Å². The van der Waals surface area contributed by atoms with Crippen molar-refractivity contribution in [2.75, 3.05) is 25.1 Å². The van der Waals surface area contributed by atoms with Crippen LogP contribution in [0.2, 0.25) is 0 Å². The van der Waals surface area contributed by atoms with Crippen LogP contribution in [0.15, 0.2) is 18.2 Å². The molecular weight excluding hydrogens is 310 g/mol. The maximum absolute atomic E-state index is 11.6. The SMILES string of the molecule is COC(=O)C1CCN(c2ccc3c(c2)nc(C)n3CC(=O)O)CC1. The van der Waals surface area contributed by atoms with E-state index in [0.29, 0.717) is 5.82 Å². The van der Waals surface area contributed by atoms with Gasteiger partial charge in [0.05, 0.1) is 24.1 Å². The number of rotatable bonds is 4. The molecule has 7 heteroatoms. The number of fused-ring (bicyclic) bond motifs is 1. The van der Waals surface area contributed by atoms with Crippen LogP contribution in [0.4, 0.5) is 5.69 Å². The van der Waals surface area contributed by atoms with Crippen molar-refractivity contribution in [1.29, 1.82) is 0 Å². The van der Waals surface area contributed by atoms with Crippen LogP contribution in [0, 0.1) is 12.8 Å². The molecule has 0 unspecified atom stereocenters. The van der Waals surface area contributed by atoms with Crippen molar-refractivity contribution >= 4 is 28.7 Å². The van der Waals surface area contributed by atoms with E-state index in [-0.39, 0.29) is 18.4 Å². The Balaban J connectivity index is 1.80. The number of esters is 1. The van der Waals surface area contributed by atoms with E-state index in [4.69, 9.17) is 9.84 Å². The Morgan fingerprint density at radius 2 is 2.04 bits per heavy atom. The minimum atomic E-state index is -0.883. The molecule has 128 valence electrons. The van der Waals surface area contributed by atoms with E-state index in [1.54, 1.807) is 4.57 Å². The van der Waals surface area contributed by atoms with Gasteiger partial charge < -0.3 is 19.3 Å². The number of imidazole rings is 1. The lowest BCUT2D eigenvalue weighted by atomic mass is 9.96. The highest BCUT2D eigenvalue weighted by molar-refractivity contribution is 5.82. The van der Waals surface area contributed by atoms with Crippen LogP contribution in [-0.4, -0.2) is 46.8 Å². The van der Waals surface area contributed by atoms with Crippen molar-refractivity contribution in [3.05, 3.63) is 24.0 Å². The molecule has 0 amide bonds. The molecule has 0 saturated carbocycles. The van der Waals surface area contributed by atoms with E-state index in [9.17, 15) is 9.59 Å². The number of hydrogen-bond donors (Lipinski definition) is 1. The zero-order chi connectivity index (χ0) is 17.3. The molecular formula is C17H21N3O4. The molecule has 24 heavy (non-hydrogen) atoms. The second kappa shape index (κ2) is 6.51. The lowest BCUT2D eigenvalue weighted by Crippen LogP contribution is -2.36. The molecule has 0 bridgehead atoms. The molecule has 2 aromatic rings. The topological polar surface area (TPSA) is 84.7 Å². The number of benzene rings is 1. The van der Waals surface area contributed by atoms with E-state index in [0.717, 1.165) is 42.7 Å². The van der Waals surface area contributed by atoms with Crippen LogP contribution in [0.1, 0.15) is 18.7 Å². The van der Waals surface area contributed by atoms with Crippen LogP contribution in [-0.2, 0) is 20.9 Å². The molecule has 0 radical (unpaired) electrons. The van der Waals surface area contributed by atoms with Gasteiger partial charge in [0.25, 0.3) is 0 Å². The van der Waals surface area contributed by atoms with Crippen LogP contribution < -0.4 is 4.90 Å². The zero-order valence-corrected chi connectivity index (χ0v) is 13.9. The Labute approximate surface area is 139 Å². The summed E-state index contributed by atoms with van der Waals surface area (Å²) in [4.78, 5) is 29.3. The van der Waals surface area contributed by atoms with Crippen molar-refractivity contribution in [3.8, 4) is 0 Å². The molecule has 1 aromatic heterocycles. The maximum Gasteiger partial charge on any atom is 0.323 e. The summed E-state index contributed by atoms with van der Waals surface area (Å²) < 4.78 is 6.52. The fourth-order valence-corrected chi connectivity index (χ4v) is 3.31. The molecule has 1 aliphatic heterocycles. The van der Waals surface area contributed by atoms with Gasteiger partial charge in [-0.1, -0.05) is 0 Å². The van der Waals surface area contributed by atoms with E-state index in [1.807, 2.05) is 25.1 Å². The number of aryl methyl sites for hydroxylation is 1. The predicted octanol–water partition coefficient (Wildman–Crippen LogP) is 1.82. The Hall–Kier alpha value is -2.57. The second-order valence-electron chi connectivity index (χ2n) is 6.10. The fraction of sp³-hybridized carbons (Fsp3) is 0.471. The molecule has 1 saturated heterocycles. The lowest BCUT2D eigenvalue weighted by Gasteiger charge is -2.32. The maximum atomic E-state index is 11.6. The monoisotopic (exact) mass is 331 g/mol. The molecule has 1 aromatic carbocycles. The largest absolute Gasteiger partial charge is 0.480 e. The first-order chi connectivity index (χ1) is 11.5. The van der Waals surface area contributed by atoms with Crippen LogP contribution in [0.25, 0.3) is 11.0 Å². The minimum Gasteiger partial charge on any atom is -0.480 e. The average molecular weight is 331 g/mol. The molecule has 0 aliphatic carbocycles. The summed E-state index contributed by atoms with van der Waals surface area (Å²) in [6.07, 6.45) is 1.55. The third-order valence-corrected chi connectivity index (χ3v) is 4.61. The summed E-state index contributed by atoms with van der Waals surface area (Å²) in [6, 6.07) is 5.89. The highest BCUT2D eigenvalue weighted by Crippen LogP contribution is 2.27. The quantitative estimate of drug-likeness (QED) is 0.860. The summed E-state index contributed by atoms with van der Waals surface area (Å²) in [6.45, 7) is 3.30. The Morgan fingerprint density at radius 1 is 1.33 bits per heavy atom. The lowest BCUT2D eigenvalue weighted by molar-refractivity contribution is -0.146. The summed E-state index contributed by atoms with van der Waals surface area (Å²) in [5, 5.41) is 9.02. The van der Waals surface area contributed by atoms with Crippen LogP contribution >= 0.6 is 0 Å². The number of nitrogens with zero attached hydrogens (tertiary/aromatic N) is 3. The first kappa shape index (κ1) is 16.3. The number of anilines is 1. The van der Waals surface area contributed by atoms with Gasteiger partial charge in [0.15, 0.2) is 0 Å². The first-order valence-electron chi connectivity index (χ1n) is 8.01. The predicted molar refractivity (Wildman–Crippen MR) is 89.1 cm³/mol. The molecule has 1 aliphatic rings. The van der Waals surface area contributed by atoms with Gasteiger partial charge in [0, 0.05) is 18.8 Å². The van der Waals surface area contributed by atoms with Crippen LogP contribution in [0.3, 0.4) is 0 Å². The average Bonchev–Trinajstić information content (AvgIpc) is 2.88. The van der Waals surface area contributed by atoms with Gasteiger partial charge in [-0.3, -0.25) is 9.59 Å². The number of piperidine rings is 1. The molecule has 3 rings (SSSR count). The number of methoxy groups -OCH3 is 1. The third-order valence-electron chi connectivity index (χ3n) is 4.61. The molecule has 1 fully saturated rings. The van der Waals surface area contributed by atoms with Gasteiger partial charge in [-0.15, -0.1) is 0 Å². The number of carbonyl (C=O) groups is 2. The van der Waals surface area contributed by atoms with E-state index in [1.165, 1.54) is 7.11 Å². The summed E-state index contributed by atoms with van der Waals surface area (Å²) in [5.74, 6) is -0.347. The third kappa shape index (κ3) is 3.06. The Kier molecular flexibility index (Phi) is 4.42. The van der Waals surface area contributed by atoms with E-state index in [2.05, 4.69) is 9.88 Å². The van der Waals surface area contributed by atoms with Crippen molar-refractivity contribution in [2.24, 2.45) is 5.92 Å². The van der Waals surface area contributed by atoms with E-state index >= 15 is 0 Å². The normalized spacial score (nSPS) is 15.7. The van der Waals surface area contributed by atoms with Gasteiger partial charge in [0.2, 0.25) is 0 Å². The Morgan fingerprint density at radius 3 is 2.67 bits per heavy atom. The molecule has 7 nitrogen and oxygen atoms in total. The molecule has 2 heterocycles. The number of carboxylic acid groups (broad SMARTS) is 1. The standard InChI is InChI=1S/C17H21N3O4/c1-11-18-14-9-13(3-4-15(14)20(11)10-16(21)22)19-7-5-12(6-8-19)17(23)24-2/h3-4,9,12H,5-8,10H2,1-2H3,(H,21,22). The van der Waals surface area contributed by atoms with Gasteiger partial charge in [0.1, 0.15) is 12.4 Å². The number of aromatic nitrogens is 2. The van der Waals surface area contributed by atoms with Gasteiger partial charge in [-0.05, 0) is 38.0 Å². The number of carboxylic acids is 1. The van der Waals surface area contributed by atoms with Gasteiger partial charge in [-0.2, -0.15) is 0 Å². The van der Waals surface area contributed by atoms with Gasteiger partial charge >= 0.3 is 11.9 Å². The van der Waals surface area contributed by atoms with Crippen molar-refractivity contribution in [3.63, 3.8) is 0 Å². The zero-order valence-electron chi connectivity index (χ0n) is 13.9. The van der Waals surface area contributed by atoms with Gasteiger partial charge in [-0.25, -0.2) is 4.98 Å². The molecule has 0 atom stereocenters. The van der Waals surface area contributed by atoms with Crippen molar-refractivity contribution in [2.45, 2.75) is 26.3 Å². The highest BCUT2D eigenvalue weighted by atomic mass is 16.5. The van der Waals surface area contributed by atoms with E-state index < -0.39 is 5.97 Å². The second-order valence-corrected chi connectivity index (χ2v) is 6.10. The fourth-order valence-electron chi connectivity index (χ4n) is 3.31.